The summed E-state index contributed by atoms with van der Waals surface area (Å²) in [5.41, 5.74) is 7.69. The molecule has 36 heavy (non-hydrogen) atoms. The van der Waals surface area contributed by atoms with Gasteiger partial charge < -0.3 is 10.6 Å². The van der Waals surface area contributed by atoms with E-state index in [1.807, 2.05) is 18.2 Å². The van der Waals surface area contributed by atoms with Gasteiger partial charge in [-0.05, 0) is 80.3 Å². The number of rotatable bonds is 4. The molecule has 0 saturated carbocycles. The second-order valence-electron chi connectivity index (χ2n) is 14.3. The van der Waals surface area contributed by atoms with Crippen molar-refractivity contribution in [3.8, 4) is 0 Å². The van der Waals surface area contributed by atoms with Crippen LogP contribution in [0.1, 0.15) is 105 Å². The molecule has 2 N–H and O–H groups in total. The Labute approximate surface area is 220 Å². The van der Waals surface area contributed by atoms with Crippen LogP contribution in [0.15, 0.2) is 54.6 Å². The highest BCUT2D eigenvalue weighted by Gasteiger charge is 2.22. The summed E-state index contributed by atoms with van der Waals surface area (Å²) in [5, 5.41) is 7.15. The summed E-state index contributed by atoms with van der Waals surface area (Å²) in [6.07, 6.45) is 0. The van der Waals surface area contributed by atoms with E-state index < -0.39 is 0 Å². The smallest absolute Gasteiger partial charge is 0.132 e. The number of nitrogens with one attached hydrogen (secondary N) is 2. The van der Waals surface area contributed by atoms with Gasteiger partial charge in [0.2, 0.25) is 0 Å². The largest absolute Gasteiger partial charge is 0.340 e. The first kappa shape index (κ1) is 27.8. The molecular formula is C33H47N3. The number of hydrogen-bond donors (Lipinski definition) is 2. The third-order valence-corrected chi connectivity index (χ3v) is 6.62. The van der Waals surface area contributed by atoms with E-state index >= 15 is 0 Å². The zero-order chi connectivity index (χ0) is 27.1. The van der Waals surface area contributed by atoms with Crippen molar-refractivity contribution in [2.24, 2.45) is 0 Å². The first-order valence-electron chi connectivity index (χ1n) is 13.2. The van der Waals surface area contributed by atoms with Crippen LogP contribution in [-0.2, 0) is 21.7 Å². The Hall–Kier alpha value is -2.81. The van der Waals surface area contributed by atoms with Gasteiger partial charge in [-0.2, -0.15) is 0 Å². The molecule has 194 valence electrons. The second-order valence-corrected chi connectivity index (χ2v) is 14.3. The Morgan fingerprint density at radius 3 is 0.972 bits per heavy atom. The van der Waals surface area contributed by atoms with Crippen LogP contribution in [0.5, 0.6) is 0 Å². The van der Waals surface area contributed by atoms with Crippen LogP contribution < -0.4 is 10.6 Å². The third-order valence-electron chi connectivity index (χ3n) is 6.62. The Morgan fingerprint density at radius 1 is 0.444 bits per heavy atom. The van der Waals surface area contributed by atoms with Crippen LogP contribution in [0, 0.1) is 0 Å². The Balaban J connectivity index is 1.95. The van der Waals surface area contributed by atoms with Crippen LogP contribution in [0.4, 0.5) is 23.0 Å². The second kappa shape index (κ2) is 9.57. The quantitative estimate of drug-likeness (QED) is 0.386. The van der Waals surface area contributed by atoms with Crippen LogP contribution >= 0.6 is 0 Å². The first-order chi connectivity index (χ1) is 16.3. The average molecular weight is 486 g/mol. The minimum absolute atomic E-state index is 0.0668. The van der Waals surface area contributed by atoms with Crippen molar-refractivity contribution < 1.29 is 0 Å². The lowest BCUT2D eigenvalue weighted by Gasteiger charge is -2.26. The molecular weight excluding hydrogens is 438 g/mol. The van der Waals surface area contributed by atoms with Crippen molar-refractivity contribution in [3.63, 3.8) is 0 Å². The molecule has 0 radical (unpaired) electrons. The third kappa shape index (κ3) is 7.12. The normalized spacial score (nSPS) is 13.0. The van der Waals surface area contributed by atoms with Crippen molar-refractivity contribution in [2.45, 2.75) is 105 Å². The average Bonchev–Trinajstić information content (AvgIpc) is 2.71. The maximum atomic E-state index is 4.91. The maximum Gasteiger partial charge on any atom is 0.132 e. The Kier molecular flexibility index (Phi) is 7.39. The molecule has 1 heterocycles. The van der Waals surface area contributed by atoms with E-state index in [1.54, 1.807) is 0 Å². The van der Waals surface area contributed by atoms with Gasteiger partial charge in [-0.25, -0.2) is 4.98 Å². The molecule has 0 atom stereocenters. The van der Waals surface area contributed by atoms with E-state index in [2.05, 4.69) is 130 Å². The molecule has 0 aliphatic heterocycles. The number of hydrogen-bond acceptors (Lipinski definition) is 3. The van der Waals surface area contributed by atoms with Crippen LogP contribution in [0.2, 0.25) is 0 Å². The fourth-order valence-corrected chi connectivity index (χ4v) is 4.00. The highest BCUT2D eigenvalue weighted by molar-refractivity contribution is 5.64. The van der Waals surface area contributed by atoms with Crippen molar-refractivity contribution in [3.05, 3.63) is 76.9 Å². The molecule has 1 aromatic heterocycles. The lowest BCUT2D eigenvalue weighted by molar-refractivity contribution is 0.568. The van der Waals surface area contributed by atoms with Gasteiger partial charge in [0, 0.05) is 11.4 Å². The highest BCUT2D eigenvalue weighted by Crippen LogP contribution is 2.35. The van der Waals surface area contributed by atoms with E-state index in [-0.39, 0.29) is 21.7 Å². The van der Waals surface area contributed by atoms with Crippen molar-refractivity contribution in [2.75, 3.05) is 10.6 Å². The Bertz CT molecular complexity index is 1050. The molecule has 0 aliphatic carbocycles. The number of pyridine rings is 1. The van der Waals surface area contributed by atoms with E-state index in [1.165, 1.54) is 22.3 Å². The summed E-state index contributed by atoms with van der Waals surface area (Å²) in [5.74, 6) is 1.66. The number of benzene rings is 2. The molecule has 3 heteroatoms. The van der Waals surface area contributed by atoms with Gasteiger partial charge in [-0.1, -0.05) is 101 Å². The lowest BCUT2D eigenvalue weighted by atomic mass is 9.80. The molecule has 3 aromatic rings. The summed E-state index contributed by atoms with van der Waals surface area (Å²) >= 11 is 0. The van der Waals surface area contributed by atoms with Gasteiger partial charge in [0.15, 0.2) is 0 Å². The number of aromatic nitrogens is 1. The minimum Gasteiger partial charge on any atom is -0.340 e. The predicted octanol–water partition coefficient (Wildman–Crippen LogP) is 9.76. The van der Waals surface area contributed by atoms with Crippen LogP contribution in [-0.4, -0.2) is 4.98 Å². The van der Waals surface area contributed by atoms with E-state index in [4.69, 9.17) is 4.98 Å². The van der Waals surface area contributed by atoms with Crippen molar-refractivity contribution in [1.82, 2.24) is 4.98 Å². The molecule has 0 saturated heterocycles. The van der Waals surface area contributed by atoms with Gasteiger partial charge >= 0.3 is 0 Å². The maximum absolute atomic E-state index is 4.91. The van der Waals surface area contributed by atoms with Gasteiger partial charge in [0.05, 0.1) is 0 Å². The monoisotopic (exact) mass is 485 g/mol. The van der Waals surface area contributed by atoms with E-state index in [0.717, 1.165) is 23.0 Å². The zero-order valence-electron chi connectivity index (χ0n) is 24.6. The fraction of sp³-hybridized carbons (Fsp3) is 0.485. The summed E-state index contributed by atoms with van der Waals surface area (Å²) < 4.78 is 0. The van der Waals surface area contributed by atoms with Gasteiger partial charge in [-0.3, -0.25) is 0 Å². The summed E-state index contributed by atoms with van der Waals surface area (Å²) in [6, 6.07) is 19.8. The van der Waals surface area contributed by atoms with Crippen molar-refractivity contribution in [1.29, 1.82) is 0 Å². The topological polar surface area (TPSA) is 37.0 Å². The zero-order valence-corrected chi connectivity index (χ0v) is 24.6. The van der Waals surface area contributed by atoms with Gasteiger partial charge in [0.25, 0.3) is 0 Å². The van der Waals surface area contributed by atoms with E-state index in [0.29, 0.717) is 0 Å². The van der Waals surface area contributed by atoms with Crippen molar-refractivity contribution >= 4 is 23.0 Å². The molecule has 3 nitrogen and oxygen atoms in total. The molecule has 3 rings (SSSR count). The van der Waals surface area contributed by atoms with Crippen LogP contribution in [0.3, 0.4) is 0 Å². The molecule has 0 unspecified atom stereocenters. The molecule has 2 aromatic carbocycles. The predicted molar refractivity (Wildman–Crippen MR) is 158 cm³/mol. The summed E-state index contributed by atoms with van der Waals surface area (Å²) in [4.78, 5) is 4.91. The number of anilines is 4. The van der Waals surface area contributed by atoms with Gasteiger partial charge in [-0.15, -0.1) is 0 Å². The molecule has 0 aliphatic rings. The lowest BCUT2D eigenvalue weighted by Crippen LogP contribution is -2.17. The summed E-state index contributed by atoms with van der Waals surface area (Å²) in [7, 11) is 0. The number of nitrogens with zero attached hydrogens (tertiary/aromatic N) is 1. The molecule has 0 amide bonds. The Morgan fingerprint density at radius 2 is 0.722 bits per heavy atom. The molecule has 0 bridgehead atoms. The van der Waals surface area contributed by atoms with E-state index in [9.17, 15) is 0 Å². The molecule has 0 fully saturated rings. The standard InChI is InChI=1S/C33H47N3/c1-30(2,3)22-16-23(31(4,5)6)19-26(18-22)34-28-14-13-15-29(36-28)35-27-20-24(32(7,8)9)17-25(21-27)33(10,11)12/h13-21H,1-12H3,(H2,34,35,36). The van der Waals surface area contributed by atoms with Gasteiger partial charge in [0.1, 0.15) is 11.6 Å². The SMILES string of the molecule is CC(C)(C)c1cc(Nc2cccc(Nc3cc(C(C)(C)C)cc(C(C)(C)C)c3)n2)cc(C(C)(C)C)c1. The molecule has 0 spiro atoms. The van der Waals surface area contributed by atoms with Crippen LogP contribution in [0.25, 0.3) is 0 Å². The highest BCUT2D eigenvalue weighted by atomic mass is 15.1. The summed E-state index contributed by atoms with van der Waals surface area (Å²) in [6.45, 7) is 27.2. The fourth-order valence-electron chi connectivity index (χ4n) is 4.00. The minimum atomic E-state index is 0.0668. The first-order valence-corrected chi connectivity index (χ1v) is 13.2.